The van der Waals surface area contributed by atoms with Gasteiger partial charge in [0.05, 0.1) is 11.0 Å². The van der Waals surface area contributed by atoms with Crippen molar-refractivity contribution < 1.29 is 14.7 Å². The summed E-state index contributed by atoms with van der Waals surface area (Å²) in [6.07, 6.45) is 0.335. The average Bonchev–Trinajstić information content (AvgIpc) is 2.87. The highest BCUT2D eigenvalue weighted by molar-refractivity contribution is 5.95. The molecule has 1 unspecified atom stereocenters. The van der Waals surface area contributed by atoms with Crippen molar-refractivity contribution in [3.63, 3.8) is 0 Å². The highest BCUT2D eigenvalue weighted by Crippen LogP contribution is 2.25. The third kappa shape index (κ3) is 5.38. The molecule has 0 aliphatic heterocycles. The van der Waals surface area contributed by atoms with E-state index in [0.717, 1.165) is 47.9 Å². The molecule has 0 aliphatic rings. The third-order valence-corrected chi connectivity index (χ3v) is 6.50. The Morgan fingerprint density at radius 2 is 1.77 bits per heavy atom. The van der Waals surface area contributed by atoms with E-state index >= 15 is 0 Å². The number of pyridine rings is 1. The smallest absolute Gasteiger partial charge is 0.347 e. The standard InChI is InChI=1S/C29H33N3O3/c1-4-26(29(33)34)35-31-27-23-13-8-9-14-25(23)32(28-21(3)20(2)15-16-24(27)28)18-10-17-30-19-22-11-6-5-7-12-22/h5-9,11-16,26,30H,4,10,17-19H2,1-3H3,(H,33,34). The van der Waals surface area contributed by atoms with Crippen LogP contribution in [-0.4, -0.2) is 28.3 Å². The molecule has 182 valence electrons. The minimum atomic E-state index is -1.01. The minimum Gasteiger partial charge on any atom is -0.478 e. The number of aryl methyl sites for hydroxylation is 3. The number of aromatic nitrogens is 1. The Morgan fingerprint density at radius 3 is 2.51 bits per heavy atom. The molecule has 0 saturated carbocycles. The van der Waals surface area contributed by atoms with Gasteiger partial charge in [-0.15, -0.1) is 0 Å². The maximum Gasteiger partial charge on any atom is 0.347 e. The van der Waals surface area contributed by atoms with E-state index in [2.05, 4.69) is 71.4 Å². The summed E-state index contributed by atoms with van der Waals surface area (Å²) < 4.78 is 2.37. The molecule has 0 fully saturated rings. The Kier molecular flexibility index (Phi) is 7.83. The summed E-state index contributed by atoms with van der Waals surface area (Å²) in [4.78, 5) is 17.0. The zero-order valence-corrected chi connectivity index (χ0v) is 20.6. The van der Waals surface area contributed by atoms with Gasteiger partial charge in [0.25, 0.3) is 0 Å². The van der Waals surface area contributed by atoms with Crippen LogP contribution in [0.25, 0.3) is 21.8 Å². The lowest BCUT2D eigenvalue weighted by atomic mass is 10.0. The van der Waals surface area contributed by atoms with Crippen LogP contribution in [0.2, 0.25) is 0 Å². The summed E-state index contributed by atoms with van der Waals surface area (Å²) in [5.74, 6) is -1.01. The maximum absolute atomic E-state index is 11.5. The normalized spacial score (nSPS) is 12.8. The number of para-hydroxylation sites is 1. The van der Waals surface area contributed by atoms with Gasteiger partial charge in [0, 0.05) is 23.9 Å². The van der Waals surface area contributed by atoms with Crippen molar-refractivity contribution in [2.45, 2.75) is 52.8 Å². The highest BCUT2D eigenvalue weighted by Gasteiger charge is 2.17. The number of carboxylic acid groups (broad SMARTS) is 1. The number of hydrogen-bond acceptors (Lipinski definition) is 4. The van der Waals surface area contributed by atoms with E-state index in [1.807, 2.05) is 24.3 Å². The molecule has 6 nitrogen and oxygen atoms in total. The van der Waals surface area contributed by atoms with Crippen molar-refractivity contribution in [2.75, 3.05) is 6.54 Å². The number of rotatable bonds is 10. The number of carbonyl (C=O) groups is 1. The topological polar surface area (TPSA) is 75.8 Å². The summed E-state index contributed by atoms with van der Waals surface area (Å²) in [6.45, 7) is 8.62. The van der Waals surface area contributed by atoms with Gasteiger partial charge in [-0.2, -0.15) is 0 Å². The SMILES string of the molecule is CCC(ON=c1c2ccccc2n(CCCNCc2ccccc2)c2c(C)c(C)ccc12)C(=O)O. The van der Waals surface area contributed by atoms with Crippen LogP contribution < -0.4 is 10.7 Å². The highest BCUT2D eigenvalue weighted by atomic mass is 16.6. The first-order valence-electron chi connectivity index (χ1n) is 12.2. The number of benzene rings is 3. The Hall–Kier alpha value is -3.64. The van der Waals surface area contributed by atoms with Crippen molar-refractivity contribution >= 4 is 27.8 Å². The van der Waals surface area contributed by atoms with Crippen molar-refractivity contribution in [2.24, 2.45) is 5.16 Å². The molecule has 1 aromatic heterocycles. The van der Waals surface area contributed by atoms with Crippen LogP contribution in [0.5, 0.6) is 0 Å². The molecule has 0 aliphatic carbocycles. The number of nitrogens with one attached hydrogen (secondary N) is 1. The van der Waals surface area contributed by atoms with E-state index in [1.165, 1.54) is 16.7 Å². The molecule has 0 radical (unpaired) electrons. The van der Waals surface area contributed by atoms with Gasteiger partial charge in [0.1, 0.15) is 5.36 Å². The molecular weight excluding hydrogens is 438 g/mol. The van der Waals surface area contributed by atoms with Crippen LogP contribution in [0.15, 0.2) is 71.9 Å². The number of aliphatic carboxylic acids is 1. The molecule has 0 spiro atoms. The van der Waals surface area contributed by atoms with Crippen molar-refractivity contribution in [1.29, 1.82) is 0 Å². The monoisotopic (exact) mass is 471 g/mol. The molecule has 1 atom stereocenters. The fourth-order valence-corrected chi connectivity index (χ4v) is 4.45. The minimum absolute atomic E-state index is 0.343. The molecule has 3 aromatic carbocycles. The van der Waals surface area contributed by atoms with Crippen LogP contribution in [-0.2, 0) is 22.7 Å². The predicted octanol–water partition coefficient (Wildman–Crippen LogP) is 5.29. The Balaban J connectivity index is 1.73. The van der Waals surface area contributed by atoms with E-state index < -0.39 is 12.1 Å². The summed E-state index contributed by atoms with van der Waals surface area (Å²) in [7, 11) is 0. The van der Waals surface area contributed by atoms with Crippen LogP contribution in [0.1, 0.15) is 36.5 Å². The number of nitrogens with zero attached hydrogens (tertiary/aromatic N) is 2. The molecule has 1 heterocycles. The first kappa shape index (κ1) is 24.5. The second-order valence-corrected chi connectivity index (χ2v) is 8.87. The van der Waals surface area contributed by atoms with Gasteiger partial charge >= 0.3 is 5.97 Å². The lowest BCUT2D eigenvalue weighted by molar-refractivity contribution is -0.150. The van der Waals surface area contributed by atoms with E-state index in [0.29, 0.717) is 11.8 Å². The molecule has 35 heavy (non-hydrogen) atoms. The summed E-state index contributed by atoms with van der Waals surface area (Å²) in [5.41, 5.74) is 5.83. The molecule has 4 aromatic rings. The van der Waals surface area contributed by atoms with Crippen molar-refractivity contribution in [3.05, 3.63) is 88.8 Å². The van der Waals surface area contributed by atoms with Crippen LogP contribution in [0.4, 0.5) is 0 Å². The van der Waals surface area contributed by atoms with Crippen LogP contribution in [0.3, 0.4) is 0 Å². The Bertz CT molecular complexity index is 1390. The average molecular weight is 472 g/mol. The van der Waals surface area contributed by atoms with E-state index in [-0.39, 0.29) is 0 Å². The molecule has 0 amide bonds. The molecule has 4 rings (SSSR count). The summed E-state index contributed by atoms with van der Waals surface area (Å²) in [5, 5.41) is 20.0. The van der Waals surface area contributed by atoms with Crippen molar-refractivity contribution in [1.82, 2.24) is 9.88 Å². The second kappa shape index (κ2) is 11.2. The number of hydrogen-bond donors (Lipinski definition) is 2. The zero-order chi connectivity index (χ0) is 24.8. The Morgan fingerprint density at radius 1 is 1.03 bits per heavy atom. The number of fused-ring (bicyclic) bond motifs is 2. The first-order chi connectivity index (χ1) is 17.0. The van der Waals surface area contributed by atoms with Crippen molar-refractivity contribution in [3.8, 4) is 0 Å². The van der Waals surface area contributed by atoms with Gasteiger partial charge in [-0.3, -0.25) is 0 Å². The first-order valence-corrected chi connectivity index (χ1v) is 12.2. The summed E-state index contributed by atoms with van der Waals surface area (Å²) in [6, 6.07) is 22.7. The fraction of sp³-hybridized carbons (Fsp3) is 0.310. The molecular formula is C29H33N3O3. The van der Waals surface area contributed by atoms with Gasteiger partial charge in [0.2, 0.25) is 6.10 Å². The van der Waals surface area contributed by atoms with E-state index in [1.54, 1.807) is 6.92 Å². The third-order valence-electron chi connectivity index (χ3n) is 6.50. The predicted molar refractivity (Wildman–Crippen MR) is 140 cm³/mol. The fourth-order valence-electron chi connectivity index (χ4n) is 4.45. The van der Waals surface area contributed by atoms with Crippen LogP contribution >= 0.6 is 0 Å². The lowest BCUT2D eigenvalue weighted by Crippen LogP contribution is -2.23. The lowest BCUT2D eigenvalue weighted by Gasteiger charge is -2.19. The Labute approximate surface area is 205 Å². The van der Waals surface area contributed by atoms with Gasteiger partial charge in [-0.1, -0.05) is 72.7 Å². The zero-order valence-electron chi connectivity index (χ0n) is 20.6. The quantitative estimate of drug-likeness (QED) is 0.187. The van der Waals surface area contributed by atoms with Gasteiger partial charge < -0.3 is 19.8 Å². The van der Waals surface area contributed by atoms with Gasteiger partial charge in [-0.05, 0) is 56.0 Å². The van der Waals surface area contributed by atoms with Crippen LogP contribution in [0, 0.1) is 13.8 Å². The maximum atomic E-state index is 11.5. The molecule has 6 heteroatoms. The molecule has 0 saturated heterocycles. The van der Waals surface area contributed by atoms with Gasteiger partial charge in [0.15, 0.2) is 0 Å². The second-order valence-electron chi connectivity index (χ2n) is 8.87. The van der Waals surface area contributed by atoms with E-state index in [4.69, 9.17) is 4.84 Å². The molecule has 2 N–H and O–H groups in total. The number of carboxylic acids is 1. The van der Waals surface area contributed by atoms with Gasteiger partial charge in [-0.25, -0.2) is 4.79 Å². The summed E-state index contributed by atoms with van der Waals surface area (Å²) >= 11 is 0. The van der Waals surface area contributed by atoms with E-state index in [9.17, 15) is 9.90 Å². The molecule has 0 bridgehead atoms. The largest absolute Gasteiger partial charge is 0.478 e.